The average Bonchev–Trinajstić information content (AvgIpc) is 2.90. The highest BCUT2D eigenvalue weighted by molar-refractivity contribution is 5.94. The third-order valence-electron chi connectivity index (χ3n) is 4.73. The van der Waals surface area contributed by atoms with Gasteiger partial charge in [0, 0.05) is 18.5 Å². The quantitative estimate of drug-likeness (QED) is 0.773. The van der Waals surface area contributed by atoms with Gasteiger partial charge >= 0.3 is 0 Å². The zero-order valence-corrected chi connectivity index (χ0v) is 14.9. The van der Waals surface area contributed by atoms with Crippen LogP contribution in [0.25, 0.3) is 0 Å². The smallest absolute Gasteiger partial charge is 0.282 e. The molecular formula is C19H31N2O2+. The van der Waals surface area contributed by atoms with Gasteiger partial charge in [0.1, 0.15) is 11.9 Å². The van der Waals surface area contributed by atoms with Crippen LogP contribution in [-0.4, -0.2) is 31.1 Å². The van der Waals surface area contributed by atoms with Gasteiger partial charge in [0.05, 0.1) is 13.1 Å². The van der Waals surface area contributed by atoms with E-state index in [2.05, 4.69) is 39.1 Å². The number of quaternary nitrogens is 1. The Balaban J connectivity index is 2.07. The molecule has 0 bridgehead atoms. The van der Waals surface area contributed by atoms with Crippen LogP contribution in [0, 0.1) is 0 Å². The van der Waals surface area contributed by atoms with Crippen molar-refractivity contribution < 1.29 is 14.4 Å². The van der Waals surface area contributed by atoms with Gasteiger partial charge in [0.15, 0.2) is 6.04 Å². The molecule has 1 aromatic rings. The van der Waals surface area contributed by atoms with Crippen molar-refractivity contribution in [2.24, 2.45) is 0 Å². The zero-order chi connectivity index (χ0) is 16.8. The van der Waals surface area contributed by atoms with Gasteiger partial charge in [-0.15, -0.1) is 0 Å². The Morgan fingerprint density at radius 1 is 1.35 bits per heavy atom. The Bertz CT molecular complexity index is 526. The molecule has 1 aliphatic heterocycles. The number of benzene rings is 1. The maximum atomic E-state index is 12.8. The predicted octanol–water partition coefficient (Wildman–Crippen LogP) is 2.43. The summed E-state index contributed by atoms with van der Waals surface area (Å²) in [5.41, 5.74) is 2.08. The lowest BCUT2D eigenvalue weighted by atomic mass is 10.1. The van der Waals surface area contributed by atoms with E-state index in [0.29, 0.717) is 0 Å². The zero-order valence-electron chi connectivity index (χ0n) is 14.9. The normalized spacial score (nSPS) is 17.7. The first-order chi connectivity index (χ1) is 11.1. The van der Waals surface area contributed by atoms with E-state index in [-0.39, 0.29) is 18.1 Å². The summed E-state index contributed by atoms with van der Waals surface area (Å²) >= 11 is 0. The van der Waals surface area contributed by atoms with Crippen LogP contribution >= 0.6 is 0 Å². The molecule has 0 saturated carbocycles. The molecular weight excluding hydrogens is 288 g/mol. The van der Waals surface area contributed by atoms with Crippen molar-refractivity contribution in [3.8, 4) is 5.75 Å². The molecule has 23 heavy (non-hydrogen) atoms. The molecule has 0 saturated heterocycles. The molecule has 1 aromatic carbocycles. The van der Waals surface area contributed by atoms with Gasteiger partial charge in [-0.3, -0.25) is 4.79 Å². The van der Waals surface area contributed by atoms with Gasteiger partial charge < -0.3 is 15.0 Å². The number of fused-ring (bicyclic) bond motifs is 1. The number of nitrogens with one attached hydrogen (secondary N) is 2. The second-order valence-electron chi connectivity index (χ2n) is 6.50. The fourth-order valence-electron chi connectivity index (χ4n) is 3.40. The van der Waals surface area contributed by atoms with E-state index in [1.807, 2.05) is 12.1 Å². The monoisotopic (exact) mass is 319 g/mol. The minimum Gasteiger partial charge on any atom is -0.490 e. The third kappa shape index (κ3) is 4.47. The summed E-state index contributed by atoms with van der Waals surface area (Å²) in [6.45, 7) is 10.5. The van der Waals surface area contributed by atoms with Gasteiger partial charge in [-0.25, -0.2) is 0 Å². The molecule has 0 spiro atoms. The lowest BCUT2D eigenvalue weighted by Gasteiger charge is -2.25. The number of ether oxygens (including phenoxy) is 1. The Morgan fingerprint density at radius 3 is 2.74 bits per heavy atom. The molecule has 0 aliphatic carbocycles. The van der Waals surface area contributed by atoms with Crippen LogP contribution in [-0.2, 0) is 11.2 Å². The van der Waals surface area contributed by atoms with E-state index in [4.69, 9.17) is 4.74 Å². The van der Waals surface area contributed by atoms with Gasteiger partial charge in [0.25, 0.3) is 5.91 Å². The highest BCUT2D eigenvalue weighted by atomic mass is 16.5. The summed E-state index contributed by atoms with van der Waals surface area (Å²) in [7, 11) is 0. The van der Waals surface area contributed by atoms with E-state index in [0.717, 1.165) is 50.2 Å². The number of hydrogen-bond donors (Lipinski definition) is 2. The molecule has 4 heteroatoms. The summed E-state index contributed by atoms with van der Waals surface area (Å²) in [6, 6.07) is 6.02. The molecule has 128 valence electrons. The van der Waals surface area contributed by atoms with Crippen LogP contribution in [0.1, 0.15) is 52.5 Å². The molecule has 0 aromatic heterocycles. The van der Waals surface area contributed by atoms with Crippen LogP contribution in [0.2, 0.25) is 0 Å². The van der Waals surface area contributed by atoms with E-state index in [1.165, 1.54) is 10.5 Å². The molecule has 0 fully saturated rings. The number of amides is 1. The van der Waals surface area contributed by atoms with Crippen molar-refractivity contribution in [2.75, 3.05) is 18.4 Å². The maximum Gasteiger partial charge on any atom is 0.282 e. The molecule has 1 heterocycles. The number of unbranched alkanes of at least 4 members (excludes halogenated alkanes) is 1. The van der Waals surface area contributed by atoms with E-state index >= 15 is 0 Å². The summed E-state index contributed by atoms with van der Waals surface area (Å²) in [5.74, 6) is 1.09. The van der Waals surface area contributed by atoms with E-state index in [9.17, 15) is 4.79 Å². The predicted molar refractivity (Wildman–Crippen MR) is 94.2 cm³/mol. The Morgan fingerprint density at radius 2 is 2.09 bits per heavy atom. The lowest BCUT2D eigenvalue weighted by Crippen LogP contribution is -3.16. The number of anilines is 1. The summed E-state index contributed by atoms with van der Waals surface area (Å²) in [5, 5.41) is 3.13. The van der Waals surface area contributed by atoms with Crippen molar-refractivity contribution in [3.05, 3.63) is 23.8 Å². The van der Waals surface area contributed by atoms with Gasteiger partial charge in [-0.2, -0.15) is 0 Å². The topological polar surface area (TPSA) is 42.8 Å². The van der Waals surface area contributed by atoms with Crippen molar-refractivity contribution in [2.45, 2.75) is 65.5 Å². The molecule has 0 unspecified atom stereocenters. The number of likely N-dealkylation sites (N-methyl/N-ethyl adjacent to an activating group) is 1. The third-order valence-corrected chi connectivity index (χ3v) is 4.73. The first-order valence-electron chi connectivity index (χ1n) is 9.04. The van der Waals surface area contributed by atoms with Crippen LogP contribution in [0.4, 0.5) is 5.69 Å². The number of hydrogen-bond acceptors (Lipinski definition) is 2. The Labute approximate surface area is 140 Å². The first kappa shape index (κ1) is 17.8. The molecule has 2 atom stereocenters. The second-order valence-corrected chi connectivity index (χ2v) is 6.50. The van der Waals surface area contributed by atoms with Gasteiger partial charge in [0.2, 0.25) is 0 Å². The maximum absolute atomic E-state index is 12.8. The minimum atomic E-state index is 0.0355. The highest BCUT2D eigenvalue weighted by Crippen LogP contribution is 2.30. The minimum absolute atomic E-state index is 0.0355. The van der Waals surface area contributed by atoms with E-state index in [1.54, 1.807) is 0 Å². The van der Waals surface area contributed by atoms with E-state index < -0.39 is 0 Å². The fourth-order valence-corrected chi connectivity index (χ4v) is 3.40. The van der Waals surface area contributed by atoms with Crippen LogP contribution in [0.3, 0.4) is 0 Å². The lowest BCUT2D eigenvalue weighted by molar-refractivity contribution is -0.912. The number of carbonyl (C=O) groups is 1. The molecule has 1 amide bonds. The molecule has 4 nitrogen and oxygen atoms in total. The average molecular weight is 319 g/mol. The first-order valence-corrected chi connectivity index (χ1v) is 9.04. The van der Waals surface area contributed by atoms with Crippen LogP contribution in [0.15, 0.2) is 18.2 Å². The Hall–Kier alpha value is -1.55. The fraction of sp³-hybridized carbons (Fsp3) is 0.632. The van der Waals surface area contributed by atoms with Gasteiger partial charge in [-0.1, -0.05) is 13.3 Å². The van der Waals surface area contributed by atoms with Crippen LogP contribution < -0.4 is 15.0 Å². The molecule has 2 N–H and O–H groups in total. The van der Waals surface area contributed by atoms with Crippen molar-refractivity contribution in [1.29, 1.82) is 0 Å². The summed E-state index contributed by atoms with van der Waals surface area (Å²) < 4.78 is 5.72. The van der Waals surface area contributed by atoms with Crippen molar-refractivity contribution in [1.82, 2.24) is 0 Å². The largest absolute Gasteiger partial charge is 0.490 e. The molecule has 2 rings (SSSR count). The second kappa shape index (κ2) is 8.34. The molecule has 1 aliphatic rings. The summed E-state index contributed by atoms with van der Waals surface area (Å²) in [6.07, 6.45) is 4.31. The van der Waals surface area contributed by atoms with Crippen molar-refractivity contribution >= 4 is 11.6 Å². The van der Waals surface area contributed by atoms with Crippen LogP contribution in [0.5, 0.6) is 5.75 Å². The van der Waals surface area contributed by atoms with Crippen molar-refractivity contribution in [3.63, 3.8) is 0 Å². The highest BCUT2D eigenvalue weighted by Gasteiger charge is 2.27. The number of carbonyl (C=O) groups excluding carboxylic acids is 1. The van der Waals surface area contributed by atoms with Gasteiger partial charge in [-0.05, 0) is 51.0 Å². The standard InChI is InChI=1S/C19H30N2O2/c1-5-8-9-17(21(6-2)7-3)19(22)20-16-10-11-18-15(13-16)12-14(4)23-18/h10-11,13-14,17H,5-9,12H2,1-4H3,(H,20,22)/p+1/t14-,17-/m0/s1. The SMILES string of the molecule is CCCC[C@@H](C(=O)Nc1ccc2c(c1)C[C@H](C)O2)[NH+](CC)CC. The Kier molecular flexibility index (Phi) is 6.46. The summed E-state index contributed by atoms with van der Waals surface area (Å²) in [4.78, 5) is 14.1. The number of rotatable bonds is 8. The molecule has 0 radical (unpaired) electrons.